The number of nitrogens with zero attached hydrogens (tertiary/aromatic N) is 4. The van der Waals surface area contributed by atoms with E-state index in [1.807, 2.05) is 14.0 Å². The van der Waals surface area contributed by atoms with E-state index in [9.17, 15) is 0 Å². The smallest absolute Gasteiger partial charge is 0.208 e. The number of hydrogen-bond acceptors (Lipinski definition) is 6. The van der Waals surface area contributed by atoms with Gasteiger partial charge in [0, 0.05) is 38.8 Å². The van der Waals surface area contributed by atoms with Crippen molar-refractivity contribution in [2.45, 2.75) is 52.1 Å². The molecule has 0 radical (unpaired) electrons. The Balaban J connectivity index is 1.64. The summed E-state index contributed by atoms with van der Waals surface area (Å²) in [6.45, 7) is 10.9. The molecular weight excluding hydrogens is 296 g/mol. The number of rotatable bonds is 4. The van der Waals surface area contributed by atoms with Crippen LogP contribution in [-0.2, 0) is 4.74 Å². The van der Waals surface area contributed by atoms with E-state index in [0.717, 1.165) is 29.8 Å². The summed E-state index contributed by atoms with van der Waals surface area (Å²) in [5.74, 6) is 0. The van der Waals surface area contributed by atoms with Gasteiger partial charge in [-0.2, -0.15) is 0 Å². The van der Waals surface area contributed by atoms with Crippen LogP contribution in [0.25, 0.3) is 0 Å². The molecule has 1 spiro atoms. The van der Waals surface area contributed by atoms with Crippen LogP contribution in [0, 0.1) is 12.3 Å². The summed E-state index contributed by atoms with van der Waals surface area (Å²) in [4.78, 5) is 5.06. The molecule has 6 heteroatoms. The number of likely N-dealkylation sites (tertiary alicyclic amines) is 1. The van der Waals surface area contributed by atoms with Crippen molar-refractivity contribution in [3.8, 4) is 0 Å². The Bertz CT molecular complexity index is 496. The van der Waals surface area contributed by atoms with Gasteiger partial charge in [-0.05, 0) is 45.4 Å². The van der Waals surface area contributed by atoms with Gasteiger partial charge in [-0.25, -0.2) is 0 Å². The third kappa shape index (κ3) is 3.14. The second-order valence-corrected chi connectivity index (χ2v) is 8.33. The average molecular weight is 324 g/mol. The fourth-order valence-electron chi connectivity index (χ4n) is 4.10. The molecule has 1 aromatic rings. The van der Waals surface area contributed by atoms with Gasteiger partial charge in [0.1, 0.15) is 5.01 Å². The van der Waals surface area contributed by atoms with Crippen LogP contribution in [0.1, 0.15) is 38.1 Å². The van der Waals surface area contributed by atoms with Crippen LogP contribution in [0.15, 0.2) is 0 Å². The van der Waals surface area contributed by atoms with E-state index in [2.05, 4.69) is 33.8 Å². The predicted octanol–water partition coefficient (Wildman–Crippen LogP) is 2.56. The largest absolute Gasteiger partial charge is 0.383 e. The number of ether oxygens (including phenoxy) is 1. The minimum atomic E-state index is 0.476. The number of methoxy groups -OCH3 is 1. The Hall–Kier alpha value is -0.720. The van der Waals surface area contributed by atoms with Crippen LogP contribution >= 0.6 is 11.3 Å². The molecule has 5 nitrogen and oxygen atoms in total. The Morgan fingerprint density at radius 1 is 1.32 bits per heavy atom. The van der Waals surface area contributed by atoms with Crippen molar-refractivity contribution in [2.24, 2.45) is 5.41 Å². The highest BCUT2D eigenvalue weighted by Gasteiger charge is 2.46. The van der Waals surface area contributed by atoms with Gasteiger partial charge in [0.05, 0.1) is 6.61 Å². The minimum absolute atomic E-state index is 0.476. The lowest BCUT2D eigenvalue weighted by Gasteiger charge is -2.39. The molecule has 22 heavy (non-hydrogen) atoms. The average Bonchev–Trinajstić information content (AvgIpc) is 3.05. The zero-order chi connectivity index (χ0) is 15.7. The SMILES string of the molecule is COC[C@H]1CC2(CCN(c3nnc(C)s3)CC2)CN1C(C)C. The maximum absolute atomic E-state index is 5.46. The summed E-state index contributed by atoms with van der Waals surface area (Å²) in [6.07, 6.45) is 3.80. The molecule has 1 atom stereocenters. The number of anilines is 1. The molecule has 2 fully saturated rings. The first-order chi connectivity index (χ1) is 10.5. The van der Waals surface area contributed by atoms with E-state index >= 15 is 0 Å². The second kappa shape index (κ2) is 6.42. The highest BCUT2D eigenvalue weighted by Crippen LogP contribution is 2.45. The van der Waals surface area contributed by atoms with Crippen LogP contribution in [0.5, 0.6) is 0 Å². The number of piperidine rings is 1. The Morgan fingerprint density at radius 2 is 2.05 bits per heavy atom. The molecule has 2 aliphatic rings. The molecule has 2 aliphatic heterocycles. The summed E-state index contributed by atoms with van der Waals surface area (Å²) in [7, 11) is 1.82. The molecule has 0 N–H and O–H groups in total. The highest BCUT2D eigenvalue weighted by atomic mass is 32.1. The van der Waals surface area contributed by atoms with Gasteiger partial charge in [0.25, 0.3) is 0 Å². The van der Waals surface area contributed by atoms with Gasteiger partial charge in [-0.1, -0.05) is 11.3 Å². The standard InChI is InChI=1S/C16H28N4OS/c1-12(2)20-11-16(9-14(20)10-21-4)5-7-19(8-6-16)15-18-17-13(3)22-15/h12,14H,5-11H2,1-4H3/t14-/m1/s1. The second-order valence-electron chi connectivity index (χ2n) is 7.17. The first-order valence-corrected chi connectivity index (χ1v) is 9.14. The summed E-state index contributed by atoms with van der Waals surface area (Å²) in [6, 6.07) is 1.18. The topological polar surface area (TPSA) is 41.5 Å². The molecular formula is C16H28N4OS. The normalized spacial score (nSPS) is 25.5. The predicted molar refractivity (Wildman–Crippen MR) is 90.6 cm³/mol. The van der Waals surface area contributed by atoms with Gasteiger partial charge in [0.2, 0.25) is 5.13 Å². The molecule has 2 saturated heterocycles. The molecule has 3 rings (SSSR count). The molecule has 3 heterocycles. The third-order valence-electron chi connectivity index (χ3n) is 5.29. The molecule has 0 aromatic carbocycles. The van der Waals surface area contributed by atoms with E-state index < -0.39 is 0 Å². The fourth-order valence-corrected chi connectivity index (χ4v) is 4.84. The van der Waals surface area contributed by atoms with E-state index in [-0.39, 0.29) is 0 Å². The summed E-state index contributed by atoms with van der Waals surface area (Å²) in [5, 5.41) is 10.6. The molecule has 124 valence electrons. The van der Waals surface area contributed by atoms with Gasteiger partial charge < -0.3 is 9.64 Å². The zero-order valence-electron chi connectivity index (χ0n) is 14.2. The van der Waals surface area contributed by atoms with Gasteiger partial charge in [-0.3, -0.25) is 4.90 Å². The molecule has 0 amide bonds. The Labute approximate surface area is 137 Å². The number of aromatic nitrogens is 2. The zero-order valence-corrected chi connectivity index (χ0v) is 15.0. The van der Waals surface area contributed by atoms with E-state index in [1.54, 1.807) is 11.3 Å². The third-order valence-corrected chi connectivity index (χ3v) is 6.19. The van der Waals surface area contributed by atoms with Crippen LogP contribution in [0.2, 0.25) is 0 Å². The van der Waals surface area contributed by atoms with Crippen molar-refractivity contribution in [2.75, 3.05) is 38.3 Å². The maximum atomic E-state index is 5.46. The molecule has 0 saturated carbocycles. The van der Waals surface area contributed by atoms with Crippen LogP contribution in [0.3, 0.4) is 0 Å². The Morgan fingerprint density at radius 3 is 2.59 bits per heavy atom. The quantitative estimate of drug-likeness (QED) is 0.851. The number of aryl methyl sites for hydroxylation is 1. The van der Waals surface area contributed by atoms with Crippen molar-refractivity contribution in [1.82, 2.24) is 15.1 Å². The minimum Gasteiger partial charge on any atom is -0.383 e. The first-order valence-electron chi connectivity index (χ1n) is 8.33. The fraction of sp³-hybridized carbons (Fsp3) is 0.875. The molecule has 1 aromatic heterocycles. The van der Waals surface area contributed by atoms with Crippen LogP contribution in [0.4, 0.5) is 5.13 Å². The molecule has 0 bridgehead atoms. The summed E-state index contributed by atoms with van der Waals surface area (Å²) in [5.41, 5.74) is 0.476. The van der Waals surface area contributed by atoms with Gasteiger partial charge >= 0.3 is 0 Å². The van der Waals surface area contributed by atoms with Crippen molar-refractivity contribution in [3.05, 3.63) is 5.01 Å². The Kier molecular flexibility index (Phi) is 4.71. The highest BCUT2D eigenvalue weighted by molar-refractivity contribution is 7.15. The van der Waals surface area contributed by atoms with E-state index in [0.29, 0.717) is 17.5 Å². The van der Waals surface area contributed by atoms with Crippen molar-refractivity contribution >= 4 is 16.5 Å². The lowest BCUT2D eigenvalue weighted by molar-refractivity contribution is 0.0975. The lowest BCUT2D eigenvalue weighted by atomic mass is 9.77. The molecule has 0 aliphatic carbocycles. The monoisotopic (exact) mass is 324 g/mol. The van der Waals surface area contributed by atoms with Gasteiger partial charge in [0.15, 0.2) is 0 Å². The summed E-state index contributed by atoms with van der Waals surface area (Å²) < 4.78 is 5.46. The molecule has 0 unspecified atom stereocenters. The van der Waals surface area contributed by atoms with Crippen LogP contribution < -0.4 is 4.90 Å². The van der Waals surface area contributed by atoms with E-state index in [1.165, 1.54) is 25.8 Å². The van der Waals surface area contributed by atoms with Crippen LogP contribution in [-0.4, -0.2) is 60.5 Å². The lowest BCUT2D eigenvalue weighted by Crippen LogP contribution is -2.42. The van der Waals surface area contributed by atoms with Crippen molar-refractivity contribution < 1.29 is 4.74 Å². The van der Waals surface area contributed by atoms with Crippen molar-refractivity contribution in [1.29, 1.82) is 0 Å². The van der Waals surface area contributed by atoms with E-state index in [4.69, 9.17) is 4.74 Å². The van der Waals surface area contributed by atoms with Crippen molar-refractivity contribution in [3.63, 3.8) is 0 Å². The first kappa shape index (κ1) is 16.1. The van der Waals surface area contributed by atoms with Gasteiger partial charge in [-0.15, -0.1) is 10.2 Å². The summed E-state index contributed by atoms with van der Waals surface area (Å²) >= 11 is 1.71. The number of hydrogen-bond donors (Lipinski definition) is 0. The maximum Gasteiger partial charge on any atom is 0.208 e.